The molecular weight excluding hydrogens is 464 g/mol. The van der Waals surface area contributed by atoms with Crippen LogP contribution < -0.4 is 25.5 Å². The number of rotatable bonds is 12. The number of halogens is 1. The molecule has 0 saturated heterocycles. The minimum atomic E-state index is -0.908. The average molecular weight is 491 g/mol. The Morgan fingerprint density at radius 1 is 1.09 bits per heavy atom. The Labute approximate surface area is 202 Å². The number of methoxy groups -OCH3 is 1. The molecule has 2 aromatic rings. The Kier molecular flexibility index (Phi) is 11.4. The topological polar surface area (TPSA) is 127 Å². The third-order valence-corrected chi connectivity index (χ3v) is 4.41. The van der Waals surface area contributed by atoms with Gasteiger partial charge in [0.15, 0.2) is 18.1 Å². The number of benzene rings is 2. The number of para-hydroxylation sites is 1. The Balaban J connectivity index is 1.97. The standard InChI is InChI=1S/C23H27ClN4O6/c1-3-33-19-13-16(14-26-28-23(31)22(30)25-10-7-11-32-2)12-18(24)21(19)34-15-20(29)27-17-8-5-4-6-9-17/h4-6,8-9,12-14H,3,7,10-11,15H2,1-2H3,(H,25,30)(H,27,29)(H,28,31)/b26-14-. The number of hydrazone groups is 1. The molecule has 0 fully saturated rings. The van der Waals surface area contributed by atoms with E-state index in [-0.39, 0.29) is 23.3 Å². The number of carbonyl (C=O) groups excluding carboxylic acids is 3. The Morgan fingerprint density at radius 3 is 2.56 bits per heavy atom. The van der Waals surface area contributed by atoms with E-state index in [4.69, 9.17) is 25.8 Å². The van der Waals surface area contributed by atoms with E-state index in [1.165, 1.54) is 12.3 Å². The summed E-state index contributed by atoms with van der Waals surface area (Å²) >= 11 is 6.33. The lowest BCUT2D eigenvalue weighted by Gasteiger charge is -2.14. The first kappa shape index (κ1) is 26.6. The molecule has 0 unspecified atom stereocenters. The van der Waals surface area contributed by atoms with E-state index in [0.717, 1.165) is 0 Å². The monoisotopic (exact) mass is 490 g/mol. The number of hydrogen-bond donors (Lipinski definition) is 3. The van der Waals surface area contributed by atoms with Crippen LogP contribution in [0.1, 0.15) is 18.9 Å². The predicted molar refractivity (Wildman–Crippen MR) is 128 cm³/mol. The van der Waals surface area contributed by atoms with Crippen LogP contribution in [0.15, 0.2) is 47.6 Å². The lowest BCUT2D eigenvalue weighted by atomic mass is 10.2. The molecule has 10 nitrogen and oxygen atoms in total. The zero-order valence-corrected chi connectivity index (χ0v) is 19.7. The van der Waals surface area contributed by atoms with E-state index >= 15 is 0 Å². The largest absolute Gasteiger partial charge is 0.490 e. The van der Waals surface area contributed by atoms with E-state index in [1.807, 2.05) is 6.07 Å². The number of nitrogens with zero attached hydrogens (tertiary/aromatic N) is 1. The second-order valence-corrected chi connectivity index (χ2v) is 7.17. The van der Waals surface area contributed by atoms with Gasteiger partial charge in [-0.2, -0.15) is 5.10 Å². The van der Waals surface area contributed by atoms with Gasteiger partial charge in [-0.1, -0.05) is 29.8 Å². The summed E-state index contributed by atoms with van der Waals surface area (Å²) in [6, 6.07) is 12.1. The summed E-state index contributed by atoms with van der Waals surface area (Å²) in [5.41, 5.74) is 3.26. The Bertz CT molecular complexity index is 1000. The van der Waals surface area contributed by atoms with Crippen molar-refractivity contribution in [2.75, 3.05) is 38.8 Å². The van der Waals surface area contributed by atoms with Gasteiger partial charge in [-0.05, 0) is 43.2 Å². The maximum atomic E-state index is 12.2. The summed E-state index contributed by atoms with van der Waals surface area (Å²) in [6.45, 7) is 2.61. The van der Waals surface area contributed by atoms with Crippen LogP contribution in [-0.4, -0.2) is 57.4 Å². The van der Waals surface area contributed by atoms with Gasteiger partial charge in [-0.15, -0.1) is 0 Å². The number of anilines is 1. The molecule has 11 heteroatoms. The first-order valence-electron chi connectivity index (χ1n) is 10.5. The van der Waals surface area contributed by atoms with Gasteiger partial charge in [0.25, 0.3) is 5.91 Å². The van der Waals surface area contributed by atoms with Gasteiger partial charge in [0.2, 0.25) is 0 Å². The summed E-state index contributed by atoms with van der Waals surface area (Å²) in [6.07, 6.45) is 1.89. The normalized spacial score (nSPS) is 10.6. The summed E-state index contributed by atoms with van der Waals surface area (Å²) in [4.78, 5) is 35.7. The molecule has 182 valence electrons. The fourth-order valence-electron chi connectivity index (χ4n) is 2.64. The van der Waals surface area contributed by atoms with Gasteiger partial charge in [-0.3, -0.25) is 14.4 Å². The molecule has 0 aliphatic rings. The van der Waals surface area contributed by atoms with Crippen molar-refractivity contribution in [3.8, 4) is 11.5 Å². The summed E-state index contributed by atoms with van der Waals surface area (Å²) in [5, 5.41) is 9.12. The highest BCUT2D eigenvalue weighted by Crippen LogP contribution is 2.36. The van der Waals surface area contributed by atoms with Crippen LogP contribution in [-0.2, 0) is 19.1 Å². The number of nitrogens with one attached hydrogen (secondary N) is 3. The van der Waals surface area contributed by atoms with Crippen LogP contribution in [0.3, 0.4) is 0 Å². The van der Waals surface area contributed by atoms with Crippen molar-refractivity contribution in [2.24, 2.45) is 5.10 Å². The van der Waals surface area contributed by atoms with E-state index in [1.54, 1.807) is 44.4 Å². The van der Waals surface area contributed by atoms with Crippen LogP contribution in [0.25, 0.3) is 0 Å². The van der Waals surface area contributed by atoms with Crippen molar-refractivity contribution < 1.29 is 28.6 Å². The van der Waals surface area contributed by atoms with Crippen LogP contribution in [0, 0.1) is 0 Å². The highest BCUT2D eigenvalue weighted by Gasteiger charge is 2.15. The second kappa shape index (κ2) is 14.5. The maximum Gasteiger partial charge on any atom is 0.329 e. The smallest absolute Gasteiger partial charge is 0.329 e. The van der Waals surface area contributed by atoms with E-state index in [9.17, 15) is 14.4 Å². The summed E-state index contributed by atoms with van der Waals surface area (Å²) < 4.78 is 16.0. The van der Waals surface area contributed by atoms with Crippen molar-refractivity contribution in [3.63, 3.8) is 0 Å². The molecule has 0 heterocycles. The van der Waals surface area contributed by atoms with Crippen LogP contribution in [0.2, 0.25) is 5.02 Å². The molecule has 0 radical (unpaired) electrons. The van der Waals surface area contributed by atoms with Crippen molar-refractivity contribution in [1.82, 2.24) is 10.7 Å². The van der Waals surface area contributed by atoms with Crippen LogP contribution >= 0.6 is 11.6 Å². The fraction of sp³-hybridized carbons (Fsp3) is 0.304. The molecule has 0 aliphatic heterocycles. The molecule has 0 saturated carbocycles. The molecule has 0 aliphatic carbocycles. The number of amides is 3. The Hall–Kier alpha value is -3.63. The van der Waals surface area contributed by atoms with Gasteiger partial charge in [0.1, 0.15) is 0 Å². The fourth-order valence-corrected chi connectivity index (χ4v) is 2.91. The molecule has 0 atom stereocenters. The first-order valence-corrected chi connectivity index (χ1v) is 10.9. The number of hydrogen-bond acceptors (Lipinski definition) is 7. The zero-order valence-electron chi connectivity index (χ0n) is 18.9. The summed E-state index contributed by atoms with van der Waals surface area (Å²) in [5.74, 6) is -1.58. The molecule has 2 rings (SSSR count). The van der Waals surface area contributed by atoms with Crippen molar-refractivity contribution in [2.45, 2.75) is 13.3 Å². The quantitative estimate of drug-likeness (QED) is 0.181. The third-order valence-electron chi connectivity index (χ3n) is 4.13. The number of ether oxygens (including phenoxy) is 3. The zero-order chi connectivity index (χ0) is 24.8. The first-order chi connectivity index (χ1) is 16.4. The minimum absolute atomic E-state index is 0.183. The van der Waals surface area contributed by atoms with Crippen LogP contribution in [0.4, 0.5) is 5.69 Å². The third kappa shape index (κ3) is 9.08. The average Bonchev–Trinajstić information content (AvgIpc) is 2.82. The predicted octanol–water partition coefficient (Wildman–Crippen LogP) is 2.36. The molecule has 0 spiro atoms. The highest BCUT2D eigenvalue weighted by molar-refractivity contribution is 6.35. The summed E-state index contributed by atoms with van der Waals surface area (Å²) in [7, 11) is 1.55. The molecule has 2 aromatic carbocycles. The molecular formula is C23H27ClN4O6. The molecule has 3 amide bonds. The van der Waals surface area contributed by atoms with Gasteiger partial charge in [0.05, 0.1) is 17.8 Å². The molecule has 34 heavy (non-hydrogen) atoms. The van der Waals surface area contributed by atoms with Gasteiger partial charge in [0, 0.05) is 25.9 Å². The van der Waals surface area contributed by atoms with Crippen molar-refractivity contribution in [3.05, 3.63) is 53.1 Å². The van der Waals surface area contributed by atoms with Gasteiger partial charge >= 0.3 is 11.8 Å². The van der Waals surface area contributed by atoms with Gasteiger partial charge < -0.3 is 24.8 Å². The van der Waals surface area contributed by atoms with E-state index in [0.29, 0.717) is 43.2 Å². The second-order valence-electron chi connectivity index (χ2n) is 6.77. The van der Waals surface area contributed by atoms with E-state index < -0.39 is 11.8 Å². The number of carbonyl (C=O) groups is 3. The van der Waals surface area contributed by atoms with Crippen LogP contribution in [0.5, 0.6) is 11.5 Å². The molecule has 0 aromatic heterocycles. The Morgan fingerprint density at radius 2 is 1.85 bits per heavy atom. The molecule has 0 bridgehead atoms. The lowest BCUT2D eigenvalue weighted by Crippen LogP contribution is -2.38. The highest BCUT2D eigenvalue weighted by atomic mass is 35.5. The lowest BCUT2D eigenvalue weighted by molar-refractivity contribution is -0.139. The van der Waals surface area contributed by atoms with Crippen molar-refractivity contribution >= 4 is 41.2 Å². The molecule has 3 N–H and O–H groups in total. The maximum absolute atomic E-state index is 12.2. The SMILES string of the molecule is CCOc1cc(/C=N\NC(=O)C(=O)NCCCOC)cc(Cl)c1OCC(=O)Nc1ccccc1. The van der Waals surface area contributed by atoms with Crippen molar-refractivity contribution in [1.29, 1.82) is 0 Å². The van der Waals surface area contributed by atoms with Gasteiger partial charge in [-0.25, -0.2) is 5.43 Å². The van der Waals surface area contributed by atoms with E-state index in [2.05, 4.69) is 21.2 Å². The minimum Gasteiger partial charge on any atom is -0.490 e.